The van der Waals surface area contributed by atoms with Crippen molar-refractivity contribution in [2.75, 3.05) is 12.4 Å². The predicted molar refractivity (Wildman–Crippen MR) is 86.2 cm³/mol. The monoisotopic (exact) mass is 377 g/mol. The van der Waals surface area contributed by atoms with Gasteiger partial charge < -0.3 is 10.1 Å². The maximum atomic E-state index is 14.7. The third kappa shape index (κ3) is 3.82. The van der Waals surface area contributed by atoms with E-state index in [0.717, 1.165) is 25.3 Å². The van der Waals surface area contributed by atoms with Crippen LogP contribution >= 0.6 is 10.7 Å². The normalized spacial score (nSPS) is 21.0. The van der Waals surface area contributed by atoms with Crippen LogP contribution in [0.25, 0.3) is 0 Å². The van der Waals surface area contributed by atoms with Crippen molar-refractivity contribution in [3.63, 3.8) is 0 Å². The van der Waals surface area contributed by atoms with E-state index in [1.54, 1.807) is 0 Å². The van der Waals surface area contributed by atoms with Gasteiger partial charge in [0.1, 0.15) is 5.82 Å². The number of anilines is 1. The van der Waals surface area contributed by atoms with Crippen LogP contribution in [0.2, 0.25) is 0 Å². The van der Waals surface area contributed by atoms with Crippen LogP contribution in [0.4, 0.5) is 14.5 Å². The van der Waals surface area contributed by atoms with Crippen LogP contribution < -0.4 is 5.32 Å². The lowest BCUT2D eigenvalue weighted by atomic mass is 9.98. The summed E-state index contributed by atoms with van der Waals surface area (Å²) in [5.41, 5.74) is -0.0376. The van der Waals surface area contributed by atoms with E-state index in [1.807, 2.05) is 0 Å². The number of methoxy groups -OCH3 is 1. The van der Waals surface area contributed by atoms with Crippen LogP contribution in [-0.2, 0) is 18.6 Å². The summed E-state index contributed by atoms with van der Waals surface area (Å²) in [5.74, 6) is -3.87. The minimum absolute atomic E-state index is 0.225. The first-order valence-corrected chi connectivity index (χ1v) is 9.06. The molecule has 1 unspecified atom stereocenters. The number of carbonyl (C=O) groups is 1. The van der Waals surface area contributed by atoms with Gasteiger partial charge in [-0.05, 0) is 36.8 Å². The fraction of sp³-hybridized carbons (Fsp3) is 0.267. The van der Waals surface area contributed by atoms with Gasteiger partial charge in [0.25, 0.3) is 15.0 Å². The number of alkyl halides is 1. The molecule has 1 atom stereocenters. The van der Waals surface area contributed by atoms with Gasteiger partial charge in [0.05, 0.1) is 10.5 Å². The van der Waals surface area contributed by atoms with E-state index in [1.165, 1.54) is 19.1 Å². The largest absolute Gasteiger partial charge is 0.345 e. The molecule has 0 spiro atoms. The predicted octanol–water partition coefficient (Wildman–Crippen LogP) is 3.17. The molecule has 0 bridgehead atoms. The minimum Gasteiger partial charge on any atom is -0.345 e. The van der Waals surface area contributed by atoms with Gasteiger partial charge in [-0.15, -0.1) is 0 Å². The van der Waals surface area contributed by atoms with Gasteiger partial charge >= 0.3 is 0 Å². The molecule has 2 rings (SSSR count). The molecule has 5 nitrogen and oxygen atoms in total. The summed E-state index contributed by atoms with van der Waals surface area (Å²) >= 11 is 0. The summed E-state index contributed by atoms with van der Waals surface area (Å²) < 4.78 is 55.5. The highest BCUT2D eigenvalue weighted by atomic mass is 35.7. The van der Waals surface area contributed by atoms with Crippen LogP contribution in [0.5, 0.6) is 0 Å². The standard InChI is InChI=1S/C15H14ClF2NO4S/c1-9-7-10(3-4-13(9)17)19-14(20)12-8-11(24(16,21)22)5-6-15(12,18)23-2/h3-5,7-8H,6H2,1-2H3,(H,19,20). The first-order valence-electron chi connectivity index (χ1n) is 6.75. The number of rotatable bonds is 4. The number of benzene rings is 1. The number of hydrogen-bond donors (Lipinski definition) is 1. The zero-order valence-electron chi connectivity index (χ0n) is 12.8. The molecule has 0 aromatic heterocycles. The van der Waals surface area contributed by atoms with Gasteiger partial charge in [0, 0.05) is 29.9 Å². The summed E-state index contributed by atoms with van der Waals surface area (Å²) in [4.78, 5) is 12.0. The Bertz CT molecular complexity index is 851. The van der Waals surface area contributed by atoms with E-state index in [4.69, 9.17) is 15.4 Å². The number of ether oxygens (including phenoxy) is 1. The van der Waals surface area contributed by atoms with Crippen LogP contribution in [0.3, 0.4) is 0 Å². The average molecular weight is 378 g/mol. The van der Waals surface area contributed by atoms with Crippen molar-refractivity contribution in [1.29, 1.82) is 0 Å². The number of hydrogen-bond acceptors (Lipinski definition) is 4. The smallest absolute Gasteiger partial charge is 0.261 e. The van der Waals surface area contributed by atoms with Gasteiger partial charge in [-0.1, -0.05) is 6.08 Å². The molecule has 1 amide bonds. The third-order valence-corrected chi connectivity index (χ3v) is 4.90. The molecule has 0 aliphatic heterocycles. The number of halogens is 3. The van der Waals surface area contributed by atoms with Crippen molar-refractivity contribution < 1.29 is 26.7 Å². The van der Waals surface area contributed by atoms with Gasteiger partial charge in [-0.2, -0.15) is 0 Å². The Kier molecular flexibility index (Phi) is 5.12. The number of amides is 1. The molecule has 0 fully saturated rings. The lowest BCUT2D eigenvalue weighted by molar-refractivity contribution is -0.124. The highest BCUT2D eigenvalue weighted by Gasteiger charge is 2.41. The van der Waals surface area contributed by atoms with E-state index < -0.39 is 43.5 Å². The molecular weight excluding hydrogens is 364 g/mol. The summed E-state index contributed by atoms with van der Waals surface area (Å²) in [5, 5.41) is 2.38. The Morgan fingerprint density at radius 3 is 2.62 bits per heavy atom. The lowest BCUT2D eigenvalue weighted by Crippen LogP contribution is -2.36. The Labute approximate surface area is 142 Å². The van der Waals surface area contributed by atoms with Crippen LogP contribution in [0, 0.1) is 12.7 Å². The zero-order valence-corrected chi connectivity index (χ0v) is 14.3. The summed E-state index contributed by atoms with van der Waals surface area (Å²) in [6, 6.07) is 3.80. The van der Waals surface area contributed by atoms with E-state index in [9.17, 15) is 22.0 Å². The molecule has 0 heterocycles. The third-order valence-electron chi connectivity index (χ3n) is 3.52. The number of aryl methyl sites for hydroxylation is 1. The molecule has 1 aromatic carbocycles. The molecule has 9 heteroatoms. The van der Waals surface area contributed by atoms with Crippen LogP contribution in [0.1, 0.15) is 12.0 Å². The first-order chi connectivity index (χ1) is 11.1. The zero-order chi connectivity index (χ0) is 18.1. The van der Waals surface area contributed by atoms with Crippen molar-refractivity contribution in [2.24, 2.45) is 0 Å². The topological polar surface area (TPSA) is 72.5 Å². The average Bonchev–Trinajstić information content (AvgIpc) is 2.50. The van der Waals surface area contributed by atoms with E-state index in [-0.39, 0.29) is 11.3 Å². The Morgan fingerprint density at radius 2 is 2.08 bits per heavy atom. The van der Waals surface area contributed by atoms with Crippen molar-refractivity contribution >= 4 is 31.3 Å². The molecule has 130 valence electrons. The number of nitrogens with one attached hydrogen (secondary N) is 1. The van der Waals surface area contributed by atoms with Crippen molar-refractivity contribution in [1.82, 2.24) is 0 Å². The van der Waals surface area contributed by atoms with Crippen LogP contribution in [0.15, 0.2) is 40.8 Å². The second-order valence-electron chi connectivity index (χ2n) is 5.16. The molecule has 24 heavy (non-hydrogen) atoms. The molecular formula is C15H14ClF2NO4S. The van der Waals surface area contributed by atoms with E-state index >= 15 is 0 Å². The fourth-order valence-electron chi connectivity index (χ4n) is 2.17. The Morgan fingerprint density at radius 1 is 1.42 bits per heavy atom. The van der Waals surface area contributed by atoms with Crippen molar-refractivity contribution in [2.45, 2.75) is 19.2 Å². The number of carbonyl (C=O) groups excluding carboxylic acids is 1. The van der Waals surface area contributed by atoms with Gasteiger partial charge in [-0.25, -0.2) is 17.2 Å². The molecule has 0 saturated heterocycles. The SMILES string of the molecule is COC1(F)CC=C(S(=O)(=O)Cl)C=C1C(=O)Nc1ccc(F)c(C)c1. The van der Waals surface area contributed by atoms with Gasteiger partial charge in [-0.3, -0.25) is 4.79 Å². The first kappa shape index (κ1) is 18.6. The lowest BCUT2D eigenvalue weighted by Gasteiger charge is -2.28. The summed E-state index contributed by atoms with van der Waals surface area (Å²) in [6.45, 7) is 1.50. The maximum Gasteiger partial charge on any atom is 0.261 e. The Hall–Kier alpha value is -1.77. The van der Waals surface area contributed by atoms with Crippen LogP contribution in [-0.4, -0.2) is 27.3 Å². The summed E-state index contributed by atoms with van der Waals surface area (Å²) in [6.07, 6.45) is 1.36. The highest BCUT2D eigenvalue weighted by Crippen LogP contribution is 2.36. The molecule has 0 saturated carbocycles. The van der Waals surface area contributed by atoms with Crippen molar-refractivity contribution in [3.8, 4) is 0 Å². The van der Waals surface area contributed by atoms with Crippen molar-refractivity contribution in [3.05, 3.63) is 52.2 Å². The number of allylic oxidation sites excluding steroid dienone is 1. The fourth-order valence-corrected chi connectivity index (χ4v) is 3.03. The second-order valence-corrected chi connectivity index (χ2v) is 7.72. The molecule has 1 N–H and O–H groups in total. The maximum absolute atomic E-state index is 14.7. The minimum atomic E-state index is -4.13. The highest BCUT2D eigenvalue weighted by molar-refractivity contribution is 8.17. The second kappa shape index (κ2) is 6.62. The van der Waals surface area contributed by atoms with E-state index in [2.05, 4.69) is 5.32 Å². The molecule has 1 aliphatic rings. The quantitative estimate of drug-likeness (QED) is 0.818. The van der Waals surface area contributed by atoms with E-state index in [0.29, 0.717) is 0 Å². The van der Waals surface area contributed by atoms with Gasteiger partial charge in [0.15, 0.2) is 0 Å². The van der Waals surface area contributed by atoms with Gasteiger partial charge in [0.2, 0.25) is 5.85 Å². The molecule has 1 aliphatic carbocycles. The molecule has 0 radical (unpaired) electrons. The molecule has 1 aromatic rings. The summed E-state index contributed by atoms with van der Waals surface area (Å²) in [7, 11) is 2.16. The Balaban J connectivity index is 2.37.